The first-order valence-corrected chi connectivity index (χ1v) is 7.23. The average molecular weight is 291 g/mol. The normalized spacial score (nSPS) is 11.0. The van der Waals surface area contributed by atoms with Crippen molar-refractivity contribution in [3.8, 4) is 11.4 Å². The Morgan fingerprint density at radius 2 is 2.00 bits per heavy atom. The maximum absolute atomic E-state index is 10.9. The van der Waals surface area contributed by atoms with Gasteiger partial charge in [0, 0.05) is 23.3 Å². The van der Waals surface area contributed by atoms with E-state index in [0.717, 1.165) is 33.0 Å². The van der Waals surface area contributed by atoms with Gasteiger partial charge in [0.05, 0.1) is 20.6 Å². The lowest BCUT2D eigenvalue weighted by Crippen LogP contribution is -1.90. The molecule has 0 saturated carbocycles. The average Bonchev–Trinajstić information content (AvgIpc) is 2.96. The molecule has 3 aromatic heterocycles. The Labute approximate surface area is 124 Å². The van der Waals surface area contributed by atoms with Crippen LogP contribution in [-0.2, 0) is 0 Å². The fourth-order valence-electron chi connectivity index (χ4n) is 2.34. The second-order valence-corrected chi connectivity index (χ2v) is 5.70. The summed E-state index contributed by atoms with van der Waals surface area (Å²) in [5.41, 5.74) is 2.66. The molecule has 0 radical (unpaired) electrons. The molecule has 1 aromatic carbocycles. The van der Waals surface area contributed by atoms with Crippen LogP contribution >= 0.6 is 11.3 Å². The molecule has 0 N–H and O–H groups in total. The molecule has 4 nitrogen and oxygen atoms in total. The van der Waals surface area contributed by atoms with E-state index in [0.29, 0.717) is 10.7 Å². The third kappa shape index (κ3) is 1.98. The molecule has 0 aliphatic rings. The molecule has 21 heavy (non-hydrogen) atoms. The van der Waals surface area contributed by atoms with Crippen LogP contribution in [0.25, 0.3) is 32.5 Å². The van der Waals surface area contributed by atoms with Crippen molar-refractivity contribution in [1.82, 2.24) is 15.0 Å². The number of nitrogens with zero attached hydrogens (tertiary/aromatic N) is 3. The van der Waals surface area contributed by atoms with Gasteiger partial charge in [-0.05, 0) is 18.2 Å². The summed E-state index contributed by atoms with van der Waals surface area (Å²) in [6.07, 6.45) is 4.38. The van der Waals surface area contributed by atoms with Gasteiger partial charge < -0.3 is 0 Å². The minimum atomic E-state index is 0.649. The van der Waals surface area contributed by atoms with Gasteiger partial charge in [-0.15, -0.1) is 11.3 Å². The van der Waals surface area contributed by atoms with Crippen LogP contribution in [0.15, 0.2) is 48.8 Å². The van der Waals surface area contributed by atoms with Crippen LogP contribution < -0.4 is 0 Å². The minimum absolute atomic E-state index is 0.649. The van der Waals surface area contributed by atoms with Crippen molar-refractivity contribution in [1.29, 1.82) is 0 Å². The highest BCUT2D eigenvalue weighted by atomic mass is 32.1. The van der Waals surface area contributed by atoms with E-state index in [9.17, 15) is 4.79 Å². The quantitative estimate of drug-likeness (QED) is 0.528. The first-order chi connectivity index (χ1) is 10.3. The van der Waals surface area contributed by atoms with Crippen molar-refractivity contribution < 1.29 is 4.79 Å². The van der Waals surface area contributed by atoms with Crippen molar-refractivity contribution >= 4 is 38.7 Å². The number of benzene rings is 1. The van der Waals surface area contributed by atoms with E-state index in [2.05, 4.69) is 15.0 Å². The lowest BCUT2D eigenvalue weighted by molar-refractivity contribution is 0.112. The summed E-state index contributed by atoms with van der Waals surface area (Å²) in [5.74, 6) is 0.649. The van der Waals surface area contributed by atoms with Gasteiger partial charge >= 0.3 is 0 Å². The number of aromatic nitrogens is 3. The standard InChI is InChI=1S/C16H9N3OS/c20-9-10-7-14-15(21-10)8-18-16(19-14)12-3-1-5-13-11(12)4-2-6-17-13/h1-9H. The van der Waals surface area contributed by atoms with E-state index in [-0.39, 0.29) is 0 Å². The Morgan fingerprint density at radius 3 is 2.90 bits per heavy atom. The van der Waals surface area contributed by atoms with Crippen LogP contribution in [0.1, 0.15) is 9.67 Å². The molecule has 0 aliphatic heterocycles. The number of hydrogen-bond donors (Lipinski definition) is 0. The van der Waals surface area contributed by atoms with Crippen LogP contribution in [0.4, 0.5) is 0 Å². The van der Waals surface area contributed by atoms with Crippen molar-refractivity contribution in [2.24, 2.45) is 0 Å². The van der Waals surface area contributed by atoms with Gasteiger partial charge in [-0.2, -0.15) is 0 Å². The molecule has 0 spiro atoms. The van der Waals surface area contributed by atoms with Crippen molar-refractivity contribution in [2.75, 3.05) is 0 Å². The van der Waals surface area contributed by atoms with Gasteiger partial charge in [-0.3, -0.25) is 9.78 Å². The van der Waals surface area contributed by atoms with Crippen molar-refractivity contribution in [2.45, 2.75) is 0 Å². The molecule has 4 rings (SSSR count). The topological polar surface area (TPSA) is 55.7 Å². The van der Waals surface area contributed by atoms with Crippen LogP contribution in [0.5, 0.6) is 0 Å². The number of hydrogen-bond acceptors (Lipinski definition) is 5. The highest BCUT2D eigenvalue weighted by Crippen LogP contribution is 2.28. The first kappa shape index (κ1) is 12.1. The molecule has 3 heterocycles. The number of carbonyl (C=O) groups is 1. The lowest BCUT2D eigenvalue weighted by atomic mass is 10.1. The maximum Gasteiger partial charge on any atom is 0.160 e. The number of rotatable bonds is 2. The number of aldehydes is 1. The molecule has 5 heteroatoms. The molecule has 0 aliphatic carbocycles. The summed E-state index contributed by atoms with van der Waals surface area (Å²) < 4.78 is 0.916. The highest BCUT2D eigenvalue weighted by molar-refractivity contribution is 7.20. The summed E-state index contributed by atoms with van der Waals surface area (Å²) in [6.45, 7) is 0. The Balaban J connectivity index is 1.97. The zero-order valence-corrected chi connectivity index (χ0v) is 11.7. The first-order valence-electron chi connectivity index (χ1n) is 6.41. The summed E-state index contributed by atoms with van der Waals surface area (Å²) in [5, 5.41) is 1.02. The second kappa shape index (κ2) is 4.71. The maximum atomic E-state index is 10.9. The van der Waals surface area contributed by atoms with Gasteiger partial charge in [0.15, 0.2) is 12.1 Å². The molecular weight excluding hydrogens is 282 g/mol. The van der Waals surface area contributed by atoms with E-state index in [1.54, 1.807) is 18.5 Å². The Kier molecular flexibility index (Phi) is 2.72. The van der Waals surface area contributed by atoms with E-state index in [4.69, 9.17) is 0 Å². The van der Waals surface area contributed by atoms with Gasteiger partial charge in [0.2, 0.25) is 0 Å². The second-order valence-electron chi connectivity index (χ2n) is 4.59. The molecule has 0 fully saturated rings. The lowest BCUT2D eigenvalue weighted by Gasteiger charge is -2.04. The molecule has 4 aromatic rings. The Hall–Kier alpha value is -2.66. The van der Waals surface area contributed by atoms with E-state index in [1.807, 2.05) is 30.3 Å². The largest absolute Gasteiger partial charge is 0.297 e. The number of pyridine rings is 1. The van der Waals surface area contributed by atoms with E-state index in [1.165, 1.54) is 11.3 Å². The van der Waals surface area contributed by atoms with Crippen molar-refractivity contribution in [3.63, 3.8) is 0 Å². The fourth-order valence-corrected chi connectivity index (χ4v) is 3.13. The monoisotopic (exact) mass is 291 g/mol. The fraction of sp³-hybridized carbons (Fsp3) is 0. The van der Waals surface area contributed by atoms with Gasteiger partial charge in [-0.25, -0.2) is 9.97 Å². The number of fused-ring (bicyclic) bond motifs is 2. The SMILES string of the molecule is O=Cc1cc2nc(-c3cccc4ncccc34)ncc2s1. The molecule has 0 atom stereocenters. The molecular formula is C16H9N3OS. The third-order valence-corrected chi connectivity index (χ3v) is 4.28. The summed E-state index contributed by atoms with van der Waals surface area (Å²) >= 11 is 1.40. The van der Waals surface area contributed by atoms with Crippen LogP contribution in [0.2, 0.25) is 0 Å². The smallest absolute Gasteiger partial charge is 0.160 e. The predicted molar refractivity (Wildman–Crippen MR) is 83.5 cm³/mol. The minimum Gasteiger partial charge on any atom is -0.297 e. The molecule has 0 saturated heterocycles. The number of carbonyl (C=O) groups excluding carboxylic acids is 1. The zero-order chi connectivity index (χ0) is 14.2. The van der Waals surface area contributed by atoms with Gasteiger partial charge in [0.25, 0.3) is 0 Å². The van der Waals surface area contributed by atoms with Crippen LogP contribution in [0.3, 0.4) is 0 Å². The molecule has 0 bridgehead atoms. The summed E-state index contributed by atoms with van der Waals surface area (Å²) in [4.78, 5) is 24.9. The Bertz CT molecular complexity index is 972. The zero-order valence-electron chi connectivity index (χ0n) is 10.9. The van der Waals surface area contributed by atoms with Gasteiger partial charge in [0.1, 0.15) is 0 Å². The van der Waals surface area contributed by atoms with Crippen LogP contribution in [0, 0.1) is 0 Å². The molecule has 0 unspecified atom stereocenters. The molecule has 100 valence electrons. The summed E-state index contributed by atoms with van der Waals surface area (Å²) in [6, 6.07) is 11.6. The Morgan fingerprint density at radius 1 is 1.05 bits per heavy atom. The van der Waals surface area contributed by atoms with E-state index < -0.39 is 0 Å². The predicted octanol–water partition coefficient (Wildman–Crippen LogP) is 3.72. The highest BCUT2D eigenvalue weighted by Gasteiger charge is 2.09. The third-order valence-electron chi connectivity index (χ3n) is 3.29. The van der Waals surface area contributed by atoms with Gasteiger partial charge in [-0.1, -0.05) is 18.2 Å². The van der Waals surface area contributed by atoms with E-state index >= 15 is 0 Å². The summed E-state index contributed by atoms with van der Waals surface area (Å²) in [7, 11) is 0. The van der Waals surface area contributed by atoms with Crippen LogP contribution in [-0.4, -0.2) is 21.2 Å². The number of thiophene rings is 1. The van der Waals surface area contributed by atoms with Crippen molar-refractivity contribution in [3.05, 3.63) is 53.7 Å². The molecule has 0 amide bonds.